The van der Waals surface area contributed by atoms with Gasteiger partial charge < -0.3 is 15.0 Å². The summed E-state index contributed by atoms with van der Waals surface area (Å²) in [6, 6.07) is 3.69. The van der Waals surface area contributed by atoms with Crippen molar-refractivity contribution in [1.82, 2.24) is 10.3 Å². The van der Waals surface area contributed by atoms with Crippen LogP contribution in [0.15, 0.2) is 18.3 Å². The van der Waals surface area contributed by atoms with Crippen LogP contribution in [0.5, 0.6) is 5.75 Å². The number of alkyl halides is 2. The molecule has 22 heavy (non-hydrogen) atoms. The van der Waals surface area contributed by atoms with Gasteiger partial charge in [-0.25, -0.2) is 13.8 Å². The Morgan fingerprint density at radius 1 is 1.50 bits per heavy atom. The molecular weight excluding hydrogens is 292 g/mol. The van der Waals surface area contributed by atoms with Gasteiger partial charge in [-0.2, -0.15) is 0 Å². The van der Waals surface area contributed by atoms with Crippen molar-refractivity contribution in [2.75, 3.05) is 31.6 Å². The molecule has 0 saturated carbocycles. The van der Waals surface area contributed by atoms with Gasteiger partial charge in [0.2, 0.25) is 5.91 Å². The SMILES string of the molecule is COc1cccnc1N1CCC(CC(=O)NCC(F)F)CC1. The van der Waals surface area contributed by atoms with E-state index in [1.807, 2.05) is 12.1 Å². The van der Waals surface area contributed by atoms with Gasteiger partial charge in [0.1, 0.15) is 0 Å². The molecule has 0 radical (unpaired) electrons. The molecule has 1 aliphatic heterocycles. The van der Waals surface area contributed by atoms with Crippen LogP contribution < -0.4 is 15.0 Å². The molecule has 1 fully saturated rings. The Labute approximate surface area is 128 Å². The molecule has 1 aliphatic rings. The van der Waals surface area contributed by atoms with Crippen molar-refractivity contribution >= 4 is 11.7 Å². The zero-order valence-corrected chi connectivity index (χ0v) is 12.6. The number of rotatable bonds is 6. The number of piperidine rings is 1. The van der Waals surface area contributed by atoms with Gasteiger partial charge in [0.25, 0.3) is 6.43 Å². The Hall–Kier alpha value is -1.92. The number of hydrogen-bond donors (Lipinski definition) is 1. The van der Waals surface area contributed by atoms with E-state index in [-0.39, 0.29) is 11.8 Å². The van der Waals surface area contributed by atoms with Crippen LogP contribution in [0.2, 0.25) is 0 Å². The number of nitrogens with zero attached hydrogens (tertiary/aromatic N) is 2. The van der Waals surface area contributed by atoms with E-state index >= 15 is 0 Å². The molecule has 0 aromatic carbocycles. The fraction of sp³-hybridized carbons (Fsp3) is 0.600. The molecule has 0 unspecified atom stereocenters. The van der Waals surface area contributed by atoms with Crippen molar-refractivity contribution in [3.05, 3.63) is 18.3 Å². The van der Waals surface area contributed by atoms with Crippen LogP contribution in [0.1, 0.15) is 19.3 Å². The van der Waals surface area contributed by atoms with Crippen molar-refractivity contribution in [3.63, 3.8) is 0 Å². The van der Waals surface area contributed by atoms with Crippen LogP contribution in [0.4, 0.5) is 14.6 Å². The molecule has 1 aromatic rings. The third-order valence-electron chi connectivity index (χ3n) is 3.81. The molecule has 0 spiro atoms. The predicted octanol–water partition coefficient (Wildman–Crippen LogP) is 2.08. The molecule has 2 heterocycles. The monoisotopic (exact) mass is 313 g/mol. The average Bonchev–Trinajstić information content (AvgIpc) is 2.53. The number of carbonyl (C=O) groups is 1. The number of ether oxygens (including phenoxy) is 1. The van der Waals surface area contributed by atoms with Crippen LogP contribution in [-0.2, 0) is 4.79 Å². The smallest absolute Gasteiger partial charge is 0.255 e. The number of hydrogen-bond acceptors (Lipinski definition) is 4. The average molecular weight is 313 g/mol. The lowest BCUT2D eigenvalue weighted by molar-refractivity contribution is -0.122. The highest BCUT2D eigenvalue weighted by molar-refractivity contribution is 5.76. The van der Waals surface area contributed by atoms with Crippen LogP contribution in [-0.4, -0.2) is 44.1 Å². The molecule has 0 aliphatic carbocycles. The summed E-state index contributed by atoms with van der Waals surface area (Å²) in [5, 5.41) is 2.26. The van der Waals surface area contributed by atoms with Gasteiger partial charge in [-0.3, -0.25) is 4.79 Å². The summed E-state index contributed by atoms with van der Waals surface area (Å²) < 4.78 is 29.4. The van der Waals surface area contributed by atoms with Crippen molar-refractivity contribution in [2.24, 2.45) is 5.92 Å². The summed E-state index contributed by atoms with van der Waals surface area (Å²) in [6.45, 7) is 0.989. The third kappa shape index (κ3) is 4.54. The second-order valence-electron chi connectivity index (χ2n) is 5.36. The molecular formula is C15H21F2N3O2. The Morgan fingerprint density at radius 3 is 2.86 bits per heavy atom. The molecule has 2 rings (SSSR count). The van der Waals surface area contributed by atoms with E-state index < -0.39 is 13.0 Å². The molecule has 7 heteroatoms. The first-order valence-electron chi connectivity index (χ1n) is 7.39. The summed E-state index contributed by atoms with van der Waals surface area (Å²) in [7, 11) is 1.61. The van der Waals surface area contributed by atoms with E-state index in [2.05, 4.69) is 15.2 Å². The van der Waals surface area contributed by atoms with Gasteiger partial charge in [-0.1, -0.05) is 0 Å². The Balaban J connectivity index is 1.81. The Morgan fingerprint density at radius 2 is 2.23 bits per heavy atom. The minimum atomic E-state index is -2.50. The normalized spacial score (nSPS) is 15.9. The summed E-state index contributed by atoms with van der Waals surface area (Å²) in [6.07, 6.45) is 1.20. The van der Waals surface area contributed by atoms with E-state index in [0.717, 1.165) is 37.5 Å². The number of amides is 1. The largest absolute Gasteiger partial charge is 0.493 e. The number of pyridine rings is 1. The zero-order chi connectivity index (χ0) is 15.9. The molecule has 122 valence electrons. The maximum Gasteiger partial charge on any atom is 0.255 e. The van der Waals surface area contributed by atoms with E-state index in [9.17, 15) is 13.6 Å². The quantitative estimate of drug-likeness (QED) is 0.873. The molecule has 0 bridgehead atoms. The van der Waals surface area contributed by atoms with Crippen LogP contribution >= 0.6 is 0 Å². The highest BCUT2D eigenvalue weighted by atomic mass is 19.3. The Kier molecular flexibility index (Phi) is 5.91. The van der Waals surface area contributed by atoms with Crippen LogP contribution in [0.25, 0.3) is 0 Å². The first-order valence-corrected chi connectivity index (χ1v) is 7.39. The summed E-state index contributed by atoms with van der Waals surface area (Å²) in [4.78, 5) is 18.1. The highest BCUT2D eigenvalue weighted by Gasteiger charge is 2.24. The van der Waals surface area contributed by atoms with Crippen molar-refractivity contribution < 1.29 is 18.3 Å². The molecule has 0 atom stereocenters. The van der Waals surface area contributed by atoms with Gasteiger partial charge in [-0.15, -0.1) is 0 Å². The van der Waals surface area contributed by atoms with Crippen molar-refractivity contribution in [1.29, 1.82) is 0 Å². The number of aromatic nitrogens is 1. The highest BCUT2D eigenvalue weighted by Crippen LogP contribution is 2.29. The lowest BCUT2D eigenvalue weighted by Gasteiger charge is -2.33. The molecule has 1 saturated heterocycles. The third-order valence-corrected chi connectivity index (χ3v) is 3.81. The van der Waals surface area contributed by atoms with E-state index in [1.54, 1.807) is 13.3 Å². The maximum atomic E-state index is 12.0. The van der Waals surface area contributed by atoms with Gasteiger partial charge in [0.05, 0.1) is 13.7 Å². The second-order valence-corrected chi connectivity index (χ2v) is 5.36. The second kappa shape index (κ2) is 7.91. The van der Waals surface area contributed by atoms with Gasteiger partial charge in [0, 0.05) is 25.7 Å². The number of nitrogens with one attached hydrogen (secondary N) is 1. The molecule has 1 aromatic heterocycles. The summed E-state index contributed by atoms with van der Waals surface area (Å²) in [5.74, 6) is 1.47. The fourth-order valence-electron chi connectivity index (χ4n) is 2.65. The molecule has 1 amide bonds. The zero-order valence-electron chi connectivity index (χ0n) is 12.6. The van der Waals surface area contributed by atoms with Gasteiger partial charge in [-0.05, 0) is 30.9 Å². The Bertz CT molecular complexity index is 491. The first kappa shape index (κ1) is 16.5. The number of methoxy groups -OCH3 is 1. The maximum absolute atomic E-state index is 12.0. The topological polar surface area (TPSA) is 54.5 Å². The number of anilines is 1. The fourth-order valence-corrected chi connectivity index (χ4v) is 2.65. The van der Waals surface area contributed by atoms with Crippen molar-refractivity contribution in [3.8, 4) is 5.75 Å². The molecule has 1 N–H and O–H groups in total. The molecule has 5 nitrogen and oxygen atoms in total. The lowest BCUT2D eigenvalue weighted by Crippen LogP contribution is -2.37. The standard InChI is InChI=1S/C15H21F2N3O2/c1-22-12-3-2-6-18-15(12)20-7-4-11(5-8-20)9-14(21)19-10-13(16)17/h2-3,6,11,13H,4-5,7-10H2,1H3,(H,19,21). The summed E-state index contributed by atoms with van der Waals surface area (Å²) in [5.41, 5.74) is 0. The van der Waals surface area contributed by atoms with Crippen LogP contribution in [0.3, 0.4) is 0 Å². The predicted molar refractivity (Wildman–Crippen MR) is 79.4 cm³/mol. The summed E-state index contributed by atoms with van der Waals surface area (Å²) >= 11 is 0. The van der Waals surface area contributed by atoms with Crippen LogP contribution in [0, 0.1) is 5.92 Å². The number of carbonyl (C=O) groups excluding carboxylic acids is 1. The van der Waals surface area contributed by atoms with E-state index in [0.29, 0.717) is 6.42 Å². The lowest BCUT2D eigenvalue weighted by atomic mass is 9.93. The number of halogens is 2. The van der Waals surface area contributed by atoms with Gasteiger partial charge in [0.15, 0.2) is 11.6 Å². The van der Waals surface area contributed by atoms with Crippen molar-refractivity contribution in [2.45, 2.75) is 25.7 Å². The minimum Gasteiger partial charge on any atom is -0.493 e. The van der Waals surface area contributed by atoms with E-state index in [1.165, 1.54) is 0 Å². The first-order chi connectivity index (χ1) is 10.6. The van der Waals surface area contributed by atoms with Gasteiger partial charge >= 0.3 is 0 Å². The van der Waals surface area contributed by atoms with E-state index in [4.69, 9.17) is 4.74 Å². The minimum absolute atomic E-state index is 0.226.